The molecule has 15 heteroatoms. The van der Waals surface area contributed by atoms with E-state index in [1.165, 1.54) is 0 Å². The summed E-state index contributed by atoms with van der Waals surface area (Å²) in [7, 11) is -3.76. The molecule has 3 aliphatic carbocycles. The molecule has 0 amide bonds. The molecule has 0 aliphatic heterocycles. The minimum atomic E-state index is -5.34. The lowest BCUT2D eigenvalue weighted by Gasteiger charge is -2.40. The largest absolute Gasteiger partial charge is 0.416 e. The van der Waals surface area contributed by atoms with Crippen molar-refractivity contribution in [3.8, 4) is 0 Å². The first kappa shape index (κ1) is 42.0. The summed E-state index contributed by atoms with van der Waals surface area (Å²) in [6.07, 6.45) is -9.11. The molecule has 3 aliphatic rings. The highest BCUT2D eigenvalue weighted by molar-refractivity contribution is 7.88. The number of benzene rings is 3. The van der Waals surface area contributed by atoms with Crippen LogP contribution in [0.4, 0.5) is 52.7 Å². The first-order valence-electron chi connectivity index (χ1n) is 18.6. The van der Waals surface area contributed by atoms with Gasteiger partial charge >= 0.3 is 24.7 Å². The van der Waals surface area contributed by atoms with Crippen molar-refractivity contribution in [2.75, 3.05) is 0 Å². The van der Waals surface area contributed by atoms with E-state index in [0.717, 1.165) is 75.1 Å². The van der Waals surface area contributed by atoms with Crippen LogP contribution in [0.2, 0.25) is 0 Å². The molecular formula is C40H41F12NP2. The van der Waals surface area contributed by atoms with Gasteiger partial charge in [0.15, 0.2) is 0 Å². The monoisotopic (exact) mass is 825 g/mol. The quantitative estimate of drug-likeness (QED) is 0.133. The third-order valence-electron chi connectivity index (χ3n) is 11.3. The molecule has 2 atom stereocenters. The van der Waals surface area contributed by atoms with Crippen molar-refractivity contribution in [1.82, 2.24) is 0 Å². The minimum absolute atomic E-state index is 0.138. The highest BCUT2D eigenvalue weighted by Crippen LogP contribution is 2.58. The molecule has 0 bridgehead atoms. The van der Waals surface area contributed by atoms with Gasteiger partial charge in [0.2, 0.25) is 0 Å². The molecule has 3 aromatic carbocycles. The Hall–Kier alpha value is -2.65. The molecular weight excluding hydrogens is 784 g/mol. The lowest BCUT2D eigenvalue weighted by atomic mass is 9.89. The molecule has 3 saturated carbocycles. The SMILES string of the molecule is N=C(C1CCCC1c1ccccc1P(C1CCCCC1)C1CCCCC1)P(c1cc(C(F)(F)F)cc(C(F)(F)F)c1)c1cc(C(F)(F)F)cc(C(F)(F)F)c1. The van der Waals surface area contributed by atoms with Gasteiger partial charge in [0.1, 0.15) is 0 Å². The standard InChI is InChI=1S/C40H41F12NP2/c41-37(42,43)24-18-25(38(44,45)46)21-30(20-24)55(31-22-26(39(47,48)49)19-27(23-31)40(50,51)52)36(53)34-16-9-15-32(34)33-14-7-8-17-35(33)54(28-10-3-1-4-11-28)29-12-5-2-6-13-29/h7-8,14,17-23,28-29,32,34,53H,1-6,9-13,15-16H2. The first-order chi connectivity index (χ1) is 25.7. The van der Waals surface area contributed by atoms with E-state index in [2.05, 4.69) is 6.07 Å². The van der Waals surface area contributed by atoms with Crippen molar-refractivity contribution >= 4 is 37.2 Å². The smallest absolute Gasteiger partial charge is 0.304 e. The average molecular weight is 826 g/mol. The van der Waals surface area contributed by atoms with Gasteiger partial charge in [-0.2, -0.15) is 52.7 Å². The van der Waals surface area contributed by atoms with Crippen molar-refractivity contribution in [2.45, 2.75) is 125 Å². The Balaban J connectivity index is 1.52. The number of alkyl halides is 12. The number of rotatable bonds is 8. The van der Waals surface area contributed by atoms with E-state index < -0.39 is 90.7 Å². The van der Waals surface area contributed by atoms with Gasteiger partial charge in [-0.05, 0) is 114 Å². The lowest BCUT2D eigenvalue weighted by Crippen LogP contribution is -2.31. The Bertz CT molecular complexity index is 1660. The van der Waals surface area contributed by atoms with Crippen molar-refractivity contribution in [1.29, 1.82) is 5.41 Å². The molecule has 300 valence electrons. The van der Waals surface area contributed by atoms with E-state index >= 15 is 0 Å². The molecule has 1 nitrogen and oxygen atoms in total. The molecule has 0 spiro atoms. The zero-order chi connectivity index (χ0) is 39.9. The predicted octanol–water partition coefficient (Wildman–Crippen LogP) is 13.5. The maximum atomic E-state index is 14.1. The van der Waals surface area contributed by atoms with Gasteiger partial charge in [0.25, 0.3) is 0 Å². The summed E-state index contributed by atoms with van der Waals surface area (Å²) in [6.45, 7) is 0. The van der Waals surface area contributed by atoms with Crippen LogP contribution in [-0.4, -0.2) is 16.8 Å². The summed E-state index contributed by atoms with van der Waals surface area (Å²) in [5, 5.41) is 9.15. The summed E-state index contributed by atoms with van der Waals surface area (Å²) in [5.41, 5.74) is -5.67. The Labute approximate surface area is 314 Å². The topological polar surface area (TPSA) is 23.9 Å². The molecule has 3 aromatic rings. The summed E-state index contributed by atoms with van der Waals surface area (Å²) >= 11 is 0. The maximum absolute atomic E-state index is 14.1. The molecule has 0 saturated heterocycles. The van der Waals surface area contributed by atoms with E-state index in [1.807, 2.05) is 18.2 Å². The van der Waals surface area contributed by atoms with E-state index in [9.17, 15) is 58.1 Å². The highest BCUT2D eigenvalue weighted by atomic mass is 31.1. The second-order valence-corrected chi connectivity index (χ2v) is 19.9. The maximum Gasteiger partial charge on any atom is 0.416 e. The van der Waals surface area contributed by atoms with Crippen LogP contribution in [0.25, 0.3) is 0 Å². The number of hydrogen-bond acceptors (Lipinski definition) is 1. The van der Waals surface area contributed by atoms with Gasteiger partial charge in [0, 0.05) is 19.3 Å². The summed E-state index contributed by atoms with van der Waals surface area (Å²) in [5.74, 6) is -1.30. The number of nitrogens with one attached hydrogen (secondary N) is 1. The van der Waals surface area contributed by atoms with E-state index in [1.54, 1.807) is 0 Å². The van der Waals surface area contributed by atoms with Gasteiger partial charge in [-0.3, -0.25) is 0 Å². The third kappa shape index (κ3) is 9.56. The Morgan fingerprint density at radius 1 is 0.491 bits per heavy atom. The number of hydrogen-bond donors (Lipinski definition) is 1. The fourth-order valence-electron chi connectivity index (χ4n) is 8.83. The van der Waals surface area contributed by atoms with Gasteiger partial charge in [-0.1, -0.05) is 77.1 Å². The normalized spacial score (nSPS) is 21.1. The Morgan fingerprint density at radius 3 is 1.29 bits per heavy atom. The van der Waals surface area contributed by atoms with Gasteiger partial charge in [0.05, 0.1) is 22.3 Å². The van der Waals surface area contributed by atoms with E-state index in [-0.39, 0.29) is 18.6 Å². The lowest BCUT2D eigenvalue weighted by molar-refractivity contribution is -0.144. The fourth-order valence-corrected chi connectivity index (χ4v) is 15.4. The van der Waals surface area contributed by atoms with Gasteiger partial charge in [-0.15, -0.1) is 0 Å². The molecule has 0 heterocycles. The average Bonchev–Trinajstić information content (AvgIpc) is 3.61. The van der Waals surface area contributed by atoms with E-state index in [0.29, 0.717) is 48.4 Å². The molecule has 2 unspecified atom stereocenters. The number of halogens is 12. The highest BCUT2D eigenvalue weighted by Gasteiger charge is 2.44. The fraction of sp³-hybridized carbons (Fsp3) is 0.525. The van der Waals surface area contributed by atoms with Crippen LogP contribution in [0.3, 0.4) is 0 Å². The molecule has 55 heavy (non-hydrogen) atoms. The van der Waals surface area contributed by atoms with Crippen LogP contribution in [-0.2, 0) is 24.7 Å². The van der Waals surface area contributed by atoms with Crippen molar-refractivity contribution in [3.63, 3.8) is 0 Å². The summed E-state index contributed by atoms with van der Waals surface area (Å²) < 4.78 is 170. The Kier molecular flexibility index (Phi) is 12.4. The zero-order valence-electron chi connectivity index (χ0n) is 29.7. The molecule has 1 N–H and O–H groups in total. The van der Waals surface area contributed by atoms with Gasteiger partial charge in [-0.25, -0.2) is 0 Å². The van der Waals surface area contributed by atoms with Crippen LogP contribution in [0.1, 0.15) is 117 Å². The molecule has 0 radical (unpaired) electrons. The van der Waals surface area contributed by atoms with Crippen LogP contribution < -0.4 is 15.9 Å². The summed E-state index contributed by atoms with van der Waals surface area (Å²) in [4.78, 5) is 0. The van der Waals surface area contributed by atoms with Crippen LogP contribution in [0, 0.1) is 11.3 Å². The van der Waals surface area contributed by atoms with Crippen LogP contribution >= 0.6 is 15.8 Å². The second-order valence-electron chi connectivity index (χ2n) is 14.9. The van der Waals surface area contributed by atoms with E-state index in [4.69, 9.17) is 0 Å². The first-order valence-corrected chi connectivity index (χ1v) is 21.4. The van der Waals surface area contributed by atoms with Crippen molar-refractivity contribution in [3.05, 3.63) is 88.5 Å². The Morgan fingerprint density at radius 2 is 0.891 bits per heavy atom. The minimum Gasteiger partial charge on any atom is -0.304 e. The summed E-state index contributed by atoms with van der Waals surface area (Å²) in [6, 6.07) is 8.93. The third-order valence-corrected chi connectivity index (χ3v) is 17.3. The van der Waals surface area contributed by atoms with Crippen molar-refractivity contribution < 1.29 is 52.7 Å². The predicted molar refractivity (Wildman–Crippen MR) is 194 cm³/mol. The molecule has 0 aromatic heterocycles. The van der Waals surface area contributed by atoms with Crippen LogP contribution in [0.15, 0.2) is 60.7 Å². The van der Waals surface area contributed by atoms with Crippen molar-refractivity contribution in [2.24, 2.45) is 5.92 Å². The van der Waals surface area contributed by atoms with Gasteiger partial charge < -0.3 is 5.41 Å². The second kappa shape index (κ2) is 16.3. The molecule has 6 rings (SSSR count). The van der Waals surface area contributed by atoms with Crippen LogP contribution in [0.5, 0.6) is 0 Å². The zero-order valence-corrected chi connectivity index (χ0v) is 31.5. The molecule has 3 fully saturated rings.